The zero-order valence-corrected chi connectivity index (χ0v) is 12.9. The standard InChI is InChI=1S/C14H18BrFN2O2/c1-9-4-5-18(8-13(9)19)14(20)17-7-10-2-3-11(15)12(16)6-10/h2-3,6,9,13,19H,4-5,7-8H2,1H3,(H,17,20). The first-order chi connectivity index (χ1) is 9.47. The highest BCUT2D eigenvalue weighted by molar-refractivity contribution is 9.10. The Morgan fingerprint density at radius 2 is 2.35 bits per heavy atom. The fraction of sp³-hybridized carbons (Fsp3) is 0.500. The molecule has 2 rings (SSSR count). The summed E-state index contributed by atoms with van der Waals surface area (Å²) in [5, 5.41) is 12.5. The highest BCUT2D eigenvalue weighted by atomic mass is 79.9. The Morgan fingerprint density at radius 1 is 1.60 bits per heavy atom. The molecule has 2 amide bonds. The maximum atomic E-state index is 13.3. The number of carbonyl (C=O) groups is 1. The number of amides is 2. The smallest absolute Gasteiger partial charge is 0.317 e. The molecule has 0 aliphatic carbocycles. The van der Waals surface area contributed by atoms with Crippen molar-refractivity contribution in [2.75, 3.05) is 13.1 Å². The molecule has 1 fully saturated rings. The van der Waals surface area contributed by atoms with Gasteiger partial charge in [0.1, 0.15) is 5.82 Å². The predicted octanol–water partition coefficient (Wildman–Crippen LogP) is 2.50. The molecule has 1 heterocycles. The molecule has 0 bridgehead atoms. The fourth-order valence-electron chi connectivity index (χ4n) is 2.17. The van der Waals surface area contributed by atoms with Gasteiger partial charge in [0.15, 0.2) is 0 Å². The van der Waals surface area contributed by atoms with Crippen LogP contribution in [-0.2, 0) is 6.54 Å². The van der Waals surface area contributed by atoms with Gasteiger partial charge in [0.05, 0.1) is 10.6 Å². The Hall–Kier alpha value is -1.14. The van der Waals surface area contributed by atoms with Gasteiger partial charge in [-0.25, -0.2) is 9.18 Å². The molecule has 110 valence electrons. The lowest BCUT2D eigenvalue weighted by Gasteiger charge is -2.34. The number of hydrogen-bond donors (Lipinski definition) is 2. The lowest BCUT2D eigenvalue weighted by molar-refractivity contribution is 0.0435. The number of benzene rings is 1. The van der Waals surface area contributed by atoms with Crippen molar-refractivity contribution in [1.82, 2.24) is 10.2 Å². The number of hydrogen-bond acceptors (Lipinski definition) is 2. The monoisotopic (exact) mass is 344 g/mol. The lowest BCUT2D eigenvalue weighted by Crippen LogP contribution is -2.49. The van der Waals surface area contributed by atoms with E-state index in [4.69, 9.17) is 0 Å². The molecule has 1 aliphatic heterocycles. The summed E-state index contributed by atoms with van der Waals surface area (Å²) in [4.78, 5) is 13.6. The van der Waals surface area contributed by atoms with Crippen molar-refractivity contribution in [3.8, 4) is 0 Å². The van der Waals surface area contributed by atoms with Crippen molar-refractivity contribution >= 4 is 22.0 Å². The molecule has 2 atom stereocenters. The average molecular weight is 345 g/mol. The summed E-state index contributed by atoms with van der Waals surface area (Å²) in [5.41, 5.74) is 0.699. The number of likely N-dealkylation sites (tertiary alicyclic amines) is 1. The van der Waals surface area contributed by atoms with Gasteiger partial charge in [-0.1, -0.05) is 13.0 Å². The molecule has 1 aliphatic rings. The number of halogens is 2. The second kappa shape index (κ2) is 6.54. The van der Waals surface area contributed by atoms with Crippen LogP contribution in [0.4, 0.5) is 9.18 Å². The topological polar surface area (TPSA) is 52.6 Å². The average Bonchev–Trinajstić information content (AvgIpc) is 2.43. The number of aliphatic hydroxyl groups is 1. The fourth-order valence-corrected chi connectivity index (χ4v) is 2.42. The normalized spacial score (nSPS) is 22.7. The van der Waals surface area contributed by atoms with Gasteiger partial charge in [-0.3, -0.25) is 0 Å². The van der Waals surface area contributed by atoms with Crippen LogP contribution < -0.4 is 5.32 Å². The van der Waals surface area contributed by atoms with E-state index in [1.165, 1.54) is 6.07 Å². The molecule has 1 aromatic rings. The van der Waals surface area contributed by atoms with Gasteiger partial charge < -0.3 is 15.3 Å². The van der Waals surface area contributed by atoms with E-state index >= 15 is 0 Å². The first kappa shape index (κ1) is 15.3. The summed E-state index contributed by atoms with van der Waals surface area (Å²) in [6.07, 6.45) is 0.321. The van der Waals surface area contributed by atoms with Crippen molar-refractivity contribution in [3.63, 3.8) is 0 Å². The van der Waals surface area contributed by atoms with Crippen LogP contribution >= 0.6 is 15.9 Å². The summed E-state index contributed by atoms with van der Waals surface area (Å²) in [6.45, 7) is 3.23. The van der Waals surface area contributed by atoms with Gasteiger partial charge in [0.25, 0.3) is 0 Å². The number of nitrogens with zero attached hydrogens (tertiary/aromatic N) is 1. The minimum atomic E-state index is -0.473. The highest BCUT2D eigenvalue weighted by Gasteiger charge is 2.26. The van der Waals surface area contributed by atoms with E-state index in [-0.39, 0.29) is 24.3 Å². The summed E-state index contributed by atoms with van der Waals surface area (Å²) >= 11 is 3.09. The third-order valence-corrected chi connectivity index (χ3v) is 4.28. The summed E-state index contributed by atoms with van der Waals surface area (Å²) < 4.78 is 13.8. The summed E-state index contributed by atoms with van der Waals surface area (Å²) in [6, 6.07) is 4.53. The zero-order chi connectivity index (χ0) is 14.7. The first-order valence-corrected chi connectivity index (χ1v) is 7.41. The number of piperidine rings is 1. The van der Waals surface area contributed by atoms with Crippen LogP contribution in [0.25, 0.3) is 0 Å². The van der Waals surface area contributed by atoms with Crippen LogP contribution in [0, 0.1) is 11.7 Å². The predicted molar refractivity (Wildman–Crippen MR) is 77.7 cm³/mol. The van der Waals surface area contributed by atoms with Crippen LogP contribution in [0.15, 0.2) is 22.7 Å². The quantitative estimate of drug-likeness (QED) is 0.865. The molecule has 0 radical (unpaired) electrons. The Labute approximate surface area is 126 Å². The number of urea groups is 1. The second-order valence-corrected chi connectivity index (χ2v) is 6.04. The molecular formula is C14H18BrFN2O2. The Kier molecular flexibility index (Phi) is 4.99. The van der Waals surface area contributed by atoms with Crippen LogP contribution in [0.1, 0.15) is 18.9 Å². The number of β-amino-alcohol motifs (C(OH)–C–C–N with tert-alkyl or cyclic N) is 1. The minimum Gasteiger partial charge on any atom is -0.391 e. The van der Waals surface area contributed by atoms with E-state index in [9.17, 15) is 14.3 Å². The van der Waals surface area contributed by atoms with Crippen LogP contribution in [0.3, 0.4) is 0 Å². The maximum Gasteiger partial charge on any atom is 0.317 e. The van der Waals surface area contributed by atoms with Crippen molar-refractivity contribution in [2.24, 2.45) is 5.92 Å². The van der Waals surface area contributed by atoms with Gasteiger partial charge in [0.2, 0.25) is 0 Å². The van der Waals surface area contributed by atoms with E-state index in [2.05, 4.69) is 21.2 Å². The Morgan fingerprint density at radius 3 is 3.00 bits per heavy atom. The first-order valence-electron chi connectivity index (χ1n) is 6.62. The minimum absolute atomic E-state index is 0.222. The lowest BCUT2D eigenvalue weighted by atomic mass is 9.96. The van der Waals surface area contributed by atoms with Crippen molar-refractivity contribution in [3.05, 3.63) is 34.1 Å². The van der Waals surface area contributed by atoms with E-state index in [1.54, 1.807) is 17.0 Å². The molecule has 6 heteroatoms. The molecule has 2 N–H and O–H groups in total. The van der Waals surface area contributed by atoms with Crippen LogP contribution in [0.2, 0.25) is 0 Å². The summed E-state index contributed by atoms with van der Waals surface area (Å²) in [7, 11) is 0. The van der Waals surface area contributed by atoms with Gasteiger partial charge in [-0.15, -0.1) is 0 Å². The molecule has 0 spiro atoms. The Balaban J connectivity index is 1.87. The number of carbonyl (C=O) groups excluding carboxylic acids is 1. The van der Waals surface area contributed by atoms with E-state index in [0.717, 1.165) is 6.42 Å². The molecule has 2 unspecified atom stereocenters. The van der Waals surface area contributed by atoms with E-state index in [0.29, 0.717) is 23.1 Å². The molecular weight excluding hydrogens is 327 g/mol. The Bertz CT molecular complexity index is 498. The van der Waals surface area contributed by atoms with Crippen LogP contribution in [0.5, 0.6) is 0 Å². The SMILES string of the molecule is CC1CCN(C(=O)NCc2ccc(Br)c(F)c2)CC1O. The molecule has 0 aromatic heterocycles. The third kappa shape index (κ3) is 3.70. The second-order valence-electron chi connectivity index (χ2n) is 5.19. The van der Waals surface area contributed by atoms with Crippen molar-refractivity contribution < 1.29 is 14.3 Å². The molecule has 4 nitrogen and oxygen atoms in total. The van der Waals surface area contributed by atoms with Crippen molar-refractivity contribution in [1.29, 1.82) is 0 Å². The zero-order valence-electron chi connectivity index (χ0n) is 11.3. The van der Waals surface area contributed by atoms with Crippen LogP contribution in [-0.4, -0.2) is 35.2 Å². The number of aliphatic hydroxyl groups excluding tert-OH is 1. The van der Waals surface area contributed by atoms with Gasteiger partial charge >= 0.3 is 6.03 Å². The van der Waals surface area contributed by atoms with Gasteiger partial charge in [0, 0.05) is 19.6 Å². The van der Waals surface area contributed by atoms with E-state index in [1.807, 2.05) is 6.92 Å². The molecule has 1 aromatic carbocycles. The largest absolute Gasteiger partial charge is 0.391 e. The molecule has 0 saturated carbocycles. The molecule has 1 saturated heterocycles. The number of rotatable bonds is 2. The van der Waals surface area contributed by atoms with Gasteiger partial charge in [-0.05, 0) is 46.0 Å². The van der Waals surface area contributed by atoms with Crippen molar-refractivity contribution in [2.45, 2.75) is 26.0 Å². The summed E-state index contributed by atoms with van der Waals surface area (Å²) in [5.74, 6) is -0.126. The maximum absolute atomic E-state index is 13.3. The third-order valence-electron chi connectivity index (χ3n) is 3.63. The van der Waals surface area contributed by atoms with E-state index < -0.39 is 6.10 Å². The highest BCUT2D eigenvalue weighted by Crippen LogP contribution is 2.18. The molecule has 20 heavy (non-hydrogen) atoms. The van der Waals surface area contributed by atoms with Gasteiger partial charge in [-0.2, -0.15) is 0 Å². The number of nitrogens with one attached hydrogen (secondary N) is 1.